The van der Waals surface area contributed by atoms with E-state index in [-0.39, 0.29) is 5.88 Å². The Hall–Kier alpha value is -3.48. The van der Waals surface area contributed by atoms with Gasteiger partial charge >= 0.3 is 0 Å². The lowest BCUT2D eigenvalue weighted by atomic mass is 10.1. The third-order valence-electron chi connectivity index (χ3n) is 5.35. The van der Waals surface area contributed by atoms with E-state index in [2.05, 4.69) is 24.3 Å². The number of thiophene rings is 1. The fraction of sp³-hybridized carbons (Fsp3) is 0.154. The molecule has 0 aliphatic rings. The minimum absolute atomic E-state index is 0.163. The Morgan fingerprint density at radius 3 is 2.31 bits per heavy atom. The maximum absolute atomic E-state index is 11.1. The highest BCUT2D eigenvalue weighted by Crippen LogP contribution is 2.29. The number of ether oxygens (including phenoxy) is 1. The molecule has 160 valence electrons. The van der Waals surface area contributed by atoms with Gasteiger partial charge in [0.2, 0.25) is 5.88 Å². The van der Waals surface area contributed by atoms with Crippen LogP contribution in [0.15, 0.2) is 79.0 Å². The van der Waals surface area contributed by atoms with Gasteiger partial charge in [0.1, 0.15) is 5.69 Å². The zero-order valence-electron chi connectivity index (χ0n) is 17.7. The number of aromatic hydroxyl groups is 1. The van der Waals surface area contributed by atoms with Crippen molar-refractivity contribution in [3.8, 4) is 17.1 Å². The number of rotatable bonds is 7. The maximum atomic E-state index is 11.1. The quantitative estimate of drug-likeness (QED) is 0.363. The van der Waals surface area contributed by atoms with Gasteiger partial charge in [0.25, 0.3) is 0 Å². The highest BCUT2D eigenvalue weighted by atomic mass is 32.1. The van der Waals surface area contributed by atoms with Gasteiger partial charge in [0.15, 0.2) is 5.65 Å². The molecule has 5 nitrogen and oxygen atoms in total. The van der Waals surface area contributed by atoms with Gasteiger partial charge in [-0.3, -0.25) is 4.40 Å². The predicted octanol–water partition coefficient (Wildman–Crippen LogP) is 5.49. The minimum atomic E-state index is 0.163. The molecule has 3 aromatic heterocycles. The SMILES string of the molecule is COCc1ccc(Cc2nc3c(Cc4ccccc4)nc(-c4ccccc4)cn3c2O)s1. The number of imidazole rings is 1. The highest BCUT2D eigenvalue weighted by Gasteiger charge is 2.18. The molecule has 5 rings (SSSR count). The molecule has 0 radical (unpaired) electrons. The zero-order valence-corrected chi connectivity index (χ0v) is 18.5. The summed E-state index contributed by atoms with van der Waals surface area (Å²) in [6, 6.07) is 24.4. The highest BCUT2D eigenvalue weighted by molar-refractivity contribution is 7.12. The molecule has 0 atom stereocenters. The Kier molecular flexibility index (Phi) is 5.71. The Balaban J connectivity index is 1.59. The third kappa shape index (κ3) is 4.15. The molecule has 0 aliphatic carbocycles. The van der Waals surface area contributed by atoms with E-state index in [4.69, 9.17) is 14.7 Å². The van der Waals surface area contributed by atoms with E-state index in [1.54, 1.807) is 22.8 Å². The zero-order chi connectivity index (χ0) is 21.9. The number of methoxy groups -OCH3 is 1. The van der Waals surface area contributed by atoms with E-state index in [0.29, 0.717) is 30.8 Å². The Morgan fingerprint density at radius 2 is 1.56 bits per heavy atom. The van der Waals surface area contributed by atoms with Gasteiger partial charge in [-0.2, -0.15) is 0 Å². The number of nitrogens with zero attached hydrogens (tertiary/aromatic N) is 3. The van der Waals surface area contributed by atoms with E-state index in [1.807, 2.05) is 54.7 Å². The molecular formula is C26H23N3O2S. The molecule has 0 aliphatic heterocycles. The van der Waals surface area contributed by atoms with Gasteiger partial charge < -0.3 is 9.84 Å². The molecule has 3 heterocycles. The van der Waals surface area contributed by atoms with Gasteiger partial charge in [-0.05, 0) is 17.7 Å². The van der Waals surface area contributed by atoms with Crippen LogP contribution in [-0.4, -0.2) is 26.6 Å². The Bertz CT molecular complexity index is 1340. The first-order valence-electron chi connectivity index (χ1n) is 10.5. The summed E-state index contributed by atoms with van der Waals surface area (Å²) in [6.45, 7) is 0.591. The first-order valence-corrected chi connectivity index (χ1v) is 11.3. The van der Waals surface area contributed by atoms with Crippen molar-refractivity contribution in [3.05, 3.63) is 106 Å². The first kappa shape index (κ1) is 20.4. The largest absolute Gasteiger partial charge is 0.493 e. The van der Waals surface area contributed by atoms with E-state index in [1.165, 1.54) is 0 Å². The Labute approximate surface area is 190 Å². The molecule has 0 bridgehead atoms. The first-order chi connectivity index (χ1) is 15.7. The number of hydrogen-bond acceptors (Lipinski definition) is 5. The monoisotopic (exact) mass is 441 g/mol. The fourth-order valence-corrected chi connectivity index (χ4v) is 4.81. The van der Waals surface area contributed by atoms with Crippen molar-refractivity contribution in [1.82, 2.24) is 14.4 Å². The molecule has 0 saturated carbocycles. The molecule has 0 unspecified atom stereocenters. The number of fused-ring (bicyclic) bond motifs is 1. The van der Waals surface area contributed by atoms with Crippen LogP contribution in [-0.2, 0) is 24.2 Å². The van der Waals surface area contributed by atoms with Crippen LogP contribution in [0.2, 0.25) is 0 Å². The van der Waals surface area contributed by atoms with Gasteiger partial charge in [0, 0.05) is 41.5 Å². The van der Waals surface area contributed by atoms with Crippen LogP contribution in [0, 0.1) is 0 Å². The van der Waals surface area contributed by atoms with Crippen LogP contribution < -0.4 is 0 Å². The summed E-state index contributed by atoms with van der Waals surface area (Å²) in [5.74, 6) is 0.163. The van der Waals surface area contributed by atoms with Crippen molar-refractivity contribution < 1.29 is 9.84 Å². The fourth-order valence-electron chi connectivity index (χ4n) is 3.82. The van der Waals surface area contributed by atoms with E-state index < -0.39 is 0 Å². The molecular weight excluding hydrogens is 418 g/mol. The molecule has 0 saturated heterocycles. The van der Waals surface area contributed by atoms with Gasteiger partial charge in [-0.1, -0.05) is 60.7 Å². The second kappa shape index (κ2) is 8.94. The number of hydrogen-bond donors (Lipinski definition) is 1. The van der Waals surface area contributed by atoms with Crippen molar-refractivity contribution in [3.63, 3.8) is 0 Å². The summed E-state index contributed by atoms with van der Waals surface area (Å²) in [5, 5.41) is 11.1. The molecule has 0 fully saturated rings. The second-order valence-corrected chi connectivity index (χ2v) is 8.91. The lowest BCUT2D eigenvalue weighted by molar-refractivity contribution is 0.187. The molecule has 2 aromatic carbocycles. The lowest BCUT2D eigenvalue weighted by Crippen LogP contribution is -2.00. The summed E-state index contributed by atoms with van der Waals surface area (Å²) in [4.78, 5) is 12.1. The maximum Gasteiger partial charge on any atom is 0.219 e. The topological polar surface area (TPSA) is 59.7 Å². The summed E-state index contributed by atoms with van der Waals surface area (Å²) < 4.78 is 6.99. The Morgan fingerprint density at radius 1 is 0.844 bits per heavy atom. The smallest absolute Gasteiger partial charge is 0.219 e. The van der Waals surface area contributed by atoms with Crippen molar-refractivity contribution in [2.75, 3.05) is 7.11 Å². The average molecular weight is 442 g/mol. The van der Waals surface area contributed by atoms with Crippen LogP contribution in [0.5, 0.6) is 5.88 Å². The standard InChI is InChI=1S/C26H23N3O2S/c1-31-17-21-13-12-20(32-21)15-23-26(30)29-16-24(19-10-6-3-7-11-19)27-22(25(29)28-23)14-18-8-4-2-5-9-18/h2-13,16,30H,14-15,17H2,1H3. The third-order valence-corrected chi connectivity index (χ3v) is 6.41. The molecule has 6 heteroatoms. The molecule has 5 aromatic rings. The van der Waals surface area contributed by atoms with Crippen LogP contribution in [0.25, 0.3) is 16.9 Å². The van der Waals surface area contributed by atoms with Crippen LogP contribution in [0.4, 0.5) is 0 Å². The van der Waals surface area contributed by atoms with E-state index >= 15 is 0 Å². The van der Waals surface area contributed by atoms with Crippen LogP contribution in [0.3, 0.4) is 0 Å². The molecule has 1 N–H and O–H groups in total. The summed E-state index contributed by atoms with van der Waals surface area (Å²) in [6.07, 6.45) is 3.07. The number of aromatic nitrogens is 3. The predicted molar refractivity (Wildman–Crippen MR) is 127 cm³/mol. The molecule has 0 amide bonds. The van der Waals surface area contributed by atoms with Gasteiger partial charge in [-0.25, -0.2) is 9.97 Å². The second-order valence-electron chi connectivity index (χ2n) is 7.65. The van der Waals surface area contributed by atoms with Crippen LogP contribution in [0.1, 0.15) is 26.7 Å². The van der Waals surface area contributed by atoms with Crippen molar-refractivity contribution in [1.29, 1.82) is 0 Å². The van der Waals surface area contributed by atoms with Crippen molar-refractivity contribution in [2.45, 2.75) is 19.4 Å². The van der Waals surface area contributed by atoms with E-state index in [9.17, 15) is 5.11 Å². The van der Waals surface area contributed by atoms with Crippen molar-refractivity contribution in [2.24, 2.45) is 0 Å². The van der Waals surface area contributed by atoms with Gasteiger partial charge in [-0.15, -0.1) is 11.3 Å². The minimum Gasteiger partial charge on any atom is -0.493 e. The average Bonchev–Trinajstić information content (AvgIpc) is 3.40. The van der Waals surface area contributed by atoms with Gasteiger partial charge in [0.05, 0.1) is 18.0 Å². The number of benzene rings is 2. The summed E-state index contributed by atoms with van der Waals surface area (Å²) >= 11 is 1.68. The normalized spacial score (nSPS) is 11.3. The van der Waals surface area contributed by atoms with Crippen LogP contribution >= 0.6 is 11.3 Å². The molecule has 32 heavy (non-hydrogen) atoms. The van der Waals surface area contributed by atoms with E-state index in [0.717, 1.165) is 32.3 Å². The lowest BCUT2D eigenvalue weighted by Gasteiger charge is -2.08. The molecule has 0 spiro atoms. The summed E-state index contributed by atoms with van der Waals surface area (Å²) in [5.41, 5.74) is 5.14. The summed E-state index contributed by atoms with van der Waals surface area (Å²) in [7, 11) is 1.69. The van der Waals surface area contributed by atoms with Crippen molar-refractivity contribution >= 4 is 17.0 Å².